The van der Waals surface area contributed by atoms with E-state index in [1.165, 1.54) is 5.56 Å². The number of carbonyl (C=O) groups excluding carboxylic acids is 2. The van der Waals surface area contributed by atoms with Gasteiger partial charge in [-0.25, -0.2) is 0 Å². The van der Waals surface area contributed by atoms with Gasteiger partial charge in [0.2, 0.25) is 0 Å². The molecular weight excluding hydrogens is 260 g/mol. The van der Waals surface area contributed by atoms with Crippen LogP contribution in [0, 0.1) is 6.92 Å². The fraction of sp³-hybridized carbons (Fsp3) is 0.263. The molecule has 0 bridgehead atoms. The summed E-state index contributed by atoms with van der Waals surface area (Å²) in [5.41, 5.74) is 2.74. The lowest BCUT2D eigenvalue weighted by molar-refractivity contribution is 0.100. The highest BCUT2D eigenvalue weighted by Gasteiger charge is 1.95. The Balaban J connectivity index is 0.000000342. The van der Waals surface area contributed by atoms with Crippen LogP contribution >= 0.6 is 0 Å². The summed E-state index contributed by atoms with van der Waals surface area (Å²) in [5.74, 6) is 0.246. The summed E-state index contributed by atoms with van der Waals surface area (Å²) in [7, 11) is 0. The molecule has 2 aromatic rings. The second-order valence-corrected chi connectivity index (χ2v) is 4.34. The second kappa shape index (κ2) is 10.6. The van der Waals surface area contributed by atoms with E-state index < -0.39 is 0 Å². The van der Waals surface area contributed by atoms with Crippen molar-refractivity contribution in [1.29, 1.82) is 0 Å². The van der Waals surface area contributed by atoms with Gasteiger partial charge in [-0.05, 0) is 20.8 Å². The van der Waals surface area contributed by atoms with Crippen LogP contribution in [-0.4, -0.2) is 11.6 Å². The van der Waals surface area contributed by atoms with Crippen molar-refractivity contribution >= 4 is 11.6 Å². The Bertz CT molecular complexity index is 540. The van der Waals surface area contributed by atoms with Crippen molar-refractivity contribution in [3.63, 3.8) is 0 Å². The third-order valence-electron chi connectivity index (χ3n) is 2.64. The zero-order valence-electron chi connectivity index (χ0n) is 13.5. The molecule has 0 heterocycles. The van der Waals surface area contributed by atoms with Crippen molar-refractivity contribution in [3.05, 3.63) is 71.3 Å². The van der Waals surface area contributed by atoms with E-state index in [4.69, 9.17) is 0 Å². The Hall–Kier alpha value is -2.22. The molecule has 2 rings (SSSR count). The van der Waals surface area contributed by atoms with Crippen LogP contribution in [0.3, 0.4) is 0 Å². The van der Waals surface area contributed by atoms with Gasteiger partial charge in [-0.3, -0.25) is 9.59 Å². The Morgan fingerprint density at radius 3 is 1.38 bits per heavy atom. The van der Waals surface area contributed by atoms with Gasteiger partial charge in [-0.15, -0.1) is 0 Å². The molecule has 0 fully saturated rings. The highest BCUT2D eigenvalue weighted by Crippen LogP contribution is 2.02. The van der Waals surface area contributed by atoms with Gasteiger partial charge in [0.15, 0.2) is 11.6 Å². The summed E-state index contributed by atoms with van der Waals surface area (Å²) < 4.78 is 0. The lowest BCUT2D eigenvalue weighted by Crippen LogP contribution is -1.90. The zero-order chi connectivity index (χ0) is 16.3. The topological polar surface area (TPSA) is 34.1 Å². The van der Waals surface area contributed by atoms with Gasteiger partial charge in [0.25, 0.3) is 0 Å². The maximum atomic E-state index is 10.8. The summed E-state index contributed by atoms with van der Waals surface area (Å²) >= 11 is 0. The molecule has 0 aliphatic carbocycles. The number of rotatable bonds is 2. The van der Waals surface area contributed by atoms with Crippen molar-refractivity contribution in [2.75, 3.05) is 0 Å². The van der Waals surface area contributed by atoms with Crippen molar-refractivity contribution in [3.8, 4) is 0 Å². The largest absolute Gasteiger partial charge is 0.295 e. The second-order valence-electron chi connectivity index (χ2n) is 4.34. The van der Waals surface area contributed by atoms with Crippen molar-refractivity contribution in [1.82, 2.24) is 0 Å². The lowest BCUT2D eigenvalue weighted by atomic mass is 10.1. The fourth-order valence-electron chi connectivity index (χ4n) is 1.46. The van der Waals surface area contributed by atoms with E-state index >= 15 is 0 Å². The average molecular weight is 284 g/mol. The molecule has 2 heteroatoms. The smallest absolute Gasteiger partial charge is 0.159 e. The van der Waals surface area contributed by atoms with Crippen molar-refractivity contribution < 1.29 is 9.59 Å². The highest BCUT2D eigenvalue weighted by atomic mass is 16.1. The Labute approximate surface area is 127 Å². The minimum absolute atomic E-state index is 0.121. The Kier molecular flexibility index (Phi) is 9.44. The first-order valence-corrected chi connectivity index (χ1v) is 7.14. The number of ketones is 2. The number of hydrogen-bond acceptors (Lipinski definition) is 2. The van der Waals surface area contributed by atoms with Crippen LogP contribution in [-0.2, 0) is 0 Å². The lowest BCUT2D eigenvalue weighted by Gasteiger charge is -1.93. The molecule has 0 amide bonds. The molecule has 0 N–H and O–H groups in total. The molecule has 0 aromatic heterocycles. The molecule has 0 saturated heterocycles. The van der Waals surface area contributed by atoms with Crippen molar-refractivity contribution in [2.45, 2.75) is 34.6 Å². The predicted molar refractivity (Wildman–Crippen MR) is 89.0 cm³/mol. The summed E-state index contributed by atoms with van der Waals surface area (Å²) in [6, 6.07) is 16.8. The van der Waals surface area contributed by atoms with Crippen LogP contribution < -0.4 is 0 Å². The van der Waals surface area contributed by atoms with Crippen LogP contribution in [0.4, 0.5) is 0 Å². The van der Waals surface area contributed by atoms with E-state index in [2.05, 4.69) is 0 Å². The molecule has 2 aromatic carbocycles. The molecule has 0 spiro atoms. The van der Waals surface area contributed by atoms with Crippen LogP contribution in [0.1, 0.15) is 54.0 Å². The van der Waals surface area contributed by atoms with E-state index in [1.807, 2.05) is 75.4 Å². The van der Waals surface area contributed by atoms with Crippen LogP contribution in [0.25, 0.3) is 0 Å². The van der Waals surface area contributed by atoms with Gasteiger partial charge in [-0.1, -0.05) is 74.0 Å². The zero-order valence-corrected chi connectivity index (χ0v) is 13.5. The monoisotopic (exact) mass is 284 g/mol. The molecule has 0 unspecified atom stereocenters. The molecule has 21 heavy (non-hydrogen) atoms. The molecular formula is C19H24O2. The SMILES string of the molecule is CC.CC(=O)c1ccc(C)cc1.CC(=O)c1ccccc1. The van der Waals surface area contributed by atoms with Gasteiger partial charge in [-0.2, -0.15) is 0 Å². The third-order valence-corrected chi connectivity index (χ3v) is 2.64. The minimum atomic E-state index is 0.121. The molecule has 2 nitrogen and oxygen atoms in total. The summed E-state index contributed by atoms with van der Waals surface area (Å²) in [4.78, 5) is 21.4. The van der Waals surface area contributed by atoms with E-state index in [9.17, 15) is 9.59 Å². The van der Waals surface area contributed by atoms with Gasteiger partial charge in [0, 0.05) is 11.1 Å². The molecule has 0 aliphatic heterocycles. The molecule has 0 saturated carbocycles. The van der Waals surface area contributed by atoms with E-state index in [-0.39, 0.29) is 11.6 Å². The predicted octanol–water partition coefficient (Wildman–Crippen LogP) is 5.11. The normalized spacial score (nSPS) is 8.62. The van der Waals surface area contributed by atoms with E-state index in [1.54, 1.807) is 13.8 Å². The molecule has 112 valence electrons. The van der Waals surface area contributed by atoms with E-state index in [0.29, 0.717) is 0 Å². The van der Waals surface area contributed by atoms with E-state index in [0.717, 1.165) is 11.1 Å². The summed E-state index contributed by atoms with van der Waals surface area (Å²) in [5, 5.41) is 0. The van der Waals surface area contributed by atoms with Gasteiger partial charge in [0.05, 0.1) is 0 Å². The highest BCUT2D eigenvalue weighted by molar-refractivity contribution is 5.94. The van der Waals surface area contributed by atoms with Crippen molar-refractivity contribution in [2.24, 2.45) is 0 Å². The Morgan fingerprint density at radius 2 is 1.05 bits per heavy atom. The first-order chi connectivity index (χ1) is 10.0. The standard InChI is InChI=1S/C9H10O.C8H8O.C2H6/c1-7-3-5-9(6-4-7)8(2)10;1-7(9)8-5-3-2-4-6-8;1-2/h3-6H,1-2H3;2-6H,1H3;1-2H3. The average Bonchev–Trinajstić information content (AvgIpc) is 2.51. The first-order valence-electron chi connectivity index (χ1n) is 7.14. The summed E-state index contributed by atoms with van der Waals surface area (Å²) in [6.45, 7) is 9.14. The number of carbonyl (C=O) groups is 2. The maximum Gasteiger partial charge on any atom is 0.159 e. The van der Waals surface area contributed by atoms with Crippen LogP contribution in [0.15, 0.2) is 54.6 Å². The van der Waals surface area contributed by atoms with Gasteiger partial charge >= 0.3 is 0 Å². The molecule has 0 aliphatic rings. The fourth-order valence-corrected chi connectivity index (χ4v) is 1.46. The maximum absolute atomic E-state index is 10.8. The van der Waals surface area contributed by atoms with Gasteiger partial charge in [0.1, 0.15) is 0 Å². The number of Topliss-reactive ketones (excluding diaryl/α,β-unsaturated/α-hetero) is 2. The number of aryl methyl sites for hydroxylation is 1. The third kappa shape index (κ3) is 7.83. The number of hydrogen-bond donors (Lipinski definition) is 0. The quantitative estimate of drug-likeness (QED) is 0.718. The number of benzene rings is 2. The summed E-state index contributed by atoms with van der Waals surface area (Å²) in [6.07, 6.45) is 0. The molecule has 0 atom stereocenters. The van der Waals surface area contributed by atoms with Crippen LogP contribution in [0.2, 0.25) is 0 Å². The molecule has 0 radical (unpaired) electrons. The first kappa shape index (κ1) is 18.8. The Morgan fingerprint density at radius 1 is 0.667 bits per heavy atom. The minimum Gasteiger partial charge on any atom is -0.295 e. The van der Waals surface area contributed by atoms with Crippen LogP contribution in [0.5, 0.6) is 0 Å². The van der Waals surface area contributed by atoms with Gasteiger partial charge < -0.3 is 0 Å².